The van der Waals surface area contributed by atoms with Crippen molar-refractivity contribution in [3.63, 3.8) is 0 Å². The summed E-state index contributed by atoms with van der Waals surface area (Å²) >= 11 is 0. The maximum atomic E-state index is 11.5. The second kappa shape index (κ2) is 5.70. The minimum absolute atomic E-state index is 0.0281. The number of carboxylic acids is 1. The molecule has 0 aromatic rings. The van der Waals surface area contributed by atoms with Crippen molar-refractivity contribution in [2.45, 2.75) is 33.1 Å². The lowest BCUT2D eigenvalue weighted by Crippen LogP contribution is -2.37. The summed E-state index contributed by atoms with van der Waals surface area (Å²) in [6.07, 6.45) is 0.837. The van der Waals surface area contributed by atoms with E-state index in [2.05, 4.69) is 0 Å². The summed E-state index contributed by atoms with van der Waals surface area (Å²) < 4.78 is 0. The van der Waals surface area contributed by atoms with E-state index < -0.39 is 11.4 Å². The lowest BCUT2D eigenvalue weighted by Gasteiger charge is -2.27. The summed E-state index contributed by atoms with van der Waals surface area (Å²) in [5, 5.41) is 10.2. The van der Waals surface area contributed by atoms with Crippen LogP contribution < -0.4 is 0 Å². The summed E-state index contributed by atoms with van der Waals surface area (Å²) in [6, 6.07) is 0. The number of amides is 1. The van der Waals surface area contributed by atoms with Crippen LogP contribution in [0.15, 0.2) is 0 Å². The molecule has 15 heavy (non-hydrogen) atoms. The van der Waals surface area contributed by atoms with E-state index in [-0.39, 0.29) is 12.3 Å². The number of hydrogen-bond donors (Lipinski definition) is 1. The molecular formula is C10H19NO4. The normalized spacial score (nSPS) is 11.2. The predicted molar refractivity (Wildman–Crippen MR) is 55.0 cm³/mol. The fourth-order valence-electron chi connectivity index (χ4n) is 1.38. The average molecular weight is 217 g/mol. The molecule has 0 aliphatic carbocycles. The predicted octanol–water partition coefficient (Wildman–Crippen LogP) is 1.29. The molecular weight excluding hydrogens is 198 g/mol. The monoisotopic (exact) mass is 217 g/mol. The summed E-state index contributed by atoms with van der Waals surface area (Å²) in [4.78, 5) is 27.4. The Balaban J connectivity index is 4.69. The number of carboxylic acid groups (broad SMARTS) is 1. The maximum Gasteiger partial charge on any atom is 0.310 e. The molecule has 0 atom stereocenters. The van der Waals surface area contributed by atoms with Crippen LogP contribution in [0.3, 0.4) is 0 Å². The van der Waals surface area contributed by atoms with Gasteiger partial charge >= 0.3 is 5.97 Å². The molecule has 5 heteroatoms. The minimum Gasteiger partial charge on any atom is -0.481 e. The van der Waals surface area contributed by atoms with Crippen molar-refractivity contribution in [1.82, 2.24) is 5.06 Å². The Morgan fingerprint density at radius 1 is 1.33 bits per heavy atom. The topological polar surface area (TPSA) is 66.8 Å². The molecule has 0 saturated heterocycles. The Morgan fingerprint density at radius 2 is 1.80 bits per heavy atom. The van der Waals surface area contributed by atoms with Gasteiger partial charge in [-0.3, -0.25) is 14.4 Å². The maximum absolute atomic E-state index is 11.5. The smallest absolute Gasteiger partial charge is 0.310 e. The molecule has 0 aromatic carbocycles. The van der Waals surface area contributed by atoms with Gasteiger partial charge in [-0.05, 0) is 12.8 Å². The lowest BCUT2D eigenvalue weighted by molar-refractivity contribution is -0.175. The molecule has 1 N–H and O–H groups in total. The summed E-state index contributed by atoms with van der Waals surface area (Å²) in [5.74, 6) is -1.24. The van der Waals surface area contributed by atoms with E-state index in [0.29, 0.717) is 12.8 Å². The van der Waals surface area contributed by atoms with Crippen LogP contribution >= 0.6 is 0 Å². The van der Waals surface area contributed by atoms with Crippen LogP contribution in [-0.4, -0.2) is 36.2 Å². The van der Waals surface area contributed by atoms with E-state index in [9.17, 15) is 9.59 Å². The first kappa shape index (κ1) is 13.9. The largest absolute Gasteiger partial charge is 0.481 e. The second-order valence-electron chi connectivity index (χ2n) is 3.54. The fraction of sp³-hybridized carbons (Fsp3) is 0.800. The lowest BCUT2D eigenvalue weighted by atomic mass is 9.79. The van der Waals surface area contributed by atoms with Gasteiger partial charge in [0.05, 0.1) is 12.5 Å². The molecule has 0 aliphatic heterocycles. The number of carbonyl (C=O) groups excluding carboxylic acids is 1. The van der Waals surface area contributed by atoms with Gasteiger partial charge in [0, 0.05) is 13.5 Å². The third-order valence-corrected chi connectivity index (χ3v) is 2.92. The van der Waals surface area contributed by atoms with Gasteiger partial charge in [0.25, 0.3) is 0 Å². The highest BCUT2D eigenvalue weighted by atomic mass is 16.7. The highest BCUT2D eigenvalue weighted by Crippen LogP contribution is 2.31. The van der Waals surface area contributed by atoms with Crippen molar-refractivity contribution < 1.29 is 19.5 Å². The van der Waals surface area contributed by atoms with Gasteiger partial charge < -0.3 is 5.11 Å². The fourth-order valence-corrected chi connectivity index (χ4v) is 1.38. The third kappa shape index (κ3) is 3.20. The summed E-state index contributed by atoms with van der Waals surface area (Å²) in [6.45, 7) is 3.55. The molecule has 0 rings (SSSR count). The number of hydrogen-bond acceptors (Lipinski definition) is 3. The third-order valence-electron chi connectivity index (χ3n) is 2.92. The van der Waals surface area contributed by atoms with Crippen LogP contribution in [0.2, 0.25) is 0 Å². The molecule has 0 bridgehead atoms. The van der Waals surface area contributed by atoms with Gasteiger partial charge in [0.15, 0.2) is 0 Å². The molecule has 0 spiro atoms. The zero-order valence-corrected chi connectivity index (χ0v) is 9.74. The van der Waals surface area contributed by atoms with Crippen molar-refractivity contribution in [1.29, 1.82) is 0 Å². The SMILES string of the molecule is CCC(CC)(CC(=O)N(C)OC)C(=O)O. The van der Waals surface area contributed by atoms with Gasteiger partial charge in [-0.25, -0.2) is 5.06 Å². The van der Waals surface area contributed by atoms with Crippen LogP contribution in [0.4, 0.5) is 0 Å². The molecule has 0 saturated carbocycles. The second-order valence-corrected chi connectivity index (χ2v) is 3.54. The van der Waals surface area contributed by atoms with Crippen molar-refractivity contribution in [3.05, 3.63) is 0 Å². The molecule has 0 fully saturated rings. The van der Waals surface area contributed by atoms with Gasteiger partial charge in [0.2, 0.25) is 5.91 Å². The van der Waals surface area contributed by atoms with Crippen molar-refractivity contribution in [2.24, 2.45) is 5.41 Å². The molecule has 88 valence electrons. The molecule has 0 radical (unpaired) electrons. The highest BCUT2D eigenvalue weighted by molar-refractivity contribution is 5.84. The Kier molecular flexibility index (Phi) is 5.28. The van der Waals surface area contributed by atoms with E-state index in [1.807, 2.05) is 0 Å². The quantitative estimate of drug-likeness (QED) is 0.681. The van der Waals surface area contributed by atoms with Gasteiger partial charge in [-0.15, -0.1) is 0 Å². The standard InChI is InChI=1S/C10H19NO4/c1-5-10(6-2,9(13)14)7-8(12)11(3)15-4/h5-7H2,1-4H3,(H,13,14). The molecule has 0 aromatic heterocycles. The first-order chi connectivity index (χ1) is 6.93. The van der Waals surface area contributed by atoms with E-state index >= 15 is 0 Å². The Hall–Kier alpha value is -1.10. The van der Waals surface area contributed by atoms with Crippen LogP contribution in [0.5, 0.6) is 0 Å². The average Bonchev–Trinajstić information content (AvgIpc) is 2.24. The first-order valence-electron chi connectivity index (χ1n) is 4.97. The van der Waals surface area contributed by atoms with Crippen LogP contribution in [0.25, 0.3) is 0 Å². The number of carbonyl (C=O) groups is 2. The van der Waals surface area contributed by atoms with Crippen LogP contribution in [0, 0.1) is 5.41 Å². The van der Waals surface area contributed by atoms with Crippen molar-refractivity contribution >= 4 is 11.9 Å². The Labute approximate surface area is 90.0 Å². The number of rotatable bonds is 6. The van der Waals surface area contributed by atoms with Gasteiger partial charge in [-0.2, -0.15) is 0 Å². The number of hydroxylamine groups is 2. The zero-order valence-electron chi connectivity index (χ0n) is 9.74. The molecule has 1 amide bonds. The zero-order chi connectivity index (χ0) is 12.1. The summed E-state index contributed by atoms with van der Waals surface area (Å²) in [5.41, 5.74) is -0.968. The minimum atomic E-state index is -0.968. The van der Waals surface area contributed by atoms with E-state index in [1.54, 1.807) is 13.8 Å². The van der Waals surface area contributed by atoms with E-state index in [4.69, 9.17) is 9.94 Å². The van der Waals surface area contributed by atoms with Crippen molar-refractivity contribution in [3.8, 4) is 0 Å². The first-order valence-corrected chi connectivity index (χ1v) is 4.97. The molecule has 0 aliphatic rings. The van der Waals surface area contributed by atoms with E-state index in [1.165, 1.54) is 14.2 Å². The molecule has 5 nitrogen and oxygen atoms in total. The summed E-state index contributed by atoms with van der Waals surface area (Å²) in [7, 11) is 2.85. The van der Waals surface area contributed by atoms with Crippen molar-refractivity contribution in [2.75, 3.05) is 14.2 Å². The van der Waals surface area contributed by atoms with Crippen LogP contribution in [0.1, 0.15) is 33.1 Å². The Morgan fingerprint density at radius 3 is 2.07 bits per heavy atom. The Bertz CT molecular complexity index is 236. The number of nitrogens with zero attached hydrogens (tertiary/aromatic N) is 1. The molecule has 0 heterocycles. The highest BCUT2D eigenvalue weighted by Gasteiger charge is 2.38. The number of aliphatic carboxylic acids is 1. The molecule has 0 unspecified atom stereocenters. The van der Waals surface area contributed by atoms with Gasteiger partial charge in [0.1, 0.15) is 0 Å². The van der Waals surface area contributed by atoms with E-state index in [0.717, 1.165) is 5.06 Å². The van der Waals surface area contributed by atoms with Gasteiger partial charge in [-0.1, -0.05) is 13.8 Å². The van der Waals surface area contributed by atoms with Crippen LogP contribution in [-0.2, 0) is 14.4 Å².